The van der Waals surface area contributed by atoms with Crippen molar-refractivity contribution in [2.45, 2.75) is 117 Å². The Kier molecular flexibility index (Phi) is 32.2. The first-order valence-electron chi connectivity index (χ1n) is 39.4. The topological polar surface area (TPSA) is 459 Å². The maximum Gasteiger partial charge on any atom is 0.345 e. The molecule has 0 bridgehead atoms. The number of methoxy groups -OCH3 is 1. The van der Waals surface area contributed by atoms with Gasteiger partial charge < -0.3 is 75.6 Å². The fourth-order valence-electron chi connectivity index (χ4n) is 14.2. The Morgan fingerprint density at radius 1 is 0.795 bits per heavy atom. The molecule has 9 amide bonds. The number of hydrogen-bond donors (Lipinski definition) is 9. The number of nitrogens with one attached hydrogen (secondary N) is 5. The number of fused-ring (bicyclic) bond motifs is 1. The molecular formula is C84H99ClFN14O20S2+. The van der Waals surface area contributed by atoms with Gasteiger partial charge in [0.05, 0.1) is 68.7 Å². The van der Waals surface area contributed by atoms with Crippen LogP contribution in [0.1, 0.15) is 87.2 Å². The van der Waals surface area contributed by atoms with Gasteiger partial charge in [-0.25, -0.2) is 33.9 Å². The average molecular weight is 1740 g/mol. The number of piperazine rings is 1. The molecule has 3 aromatic heterocycles. The third-order valence-electron chi connectivity index (χ3n) is 20.8. The number of benzene rings is 5. The van der Waals surface area contributed by atoms with E-state index in [1.54, 1.807) is 101 Å². The van der Waals surface area contributed by atoms with E-state index < -0.39 is 118 Å². The lowest BCUT2D eigenvalue weighted by Crippen LogP contribution is -2.57. The fraction of sp³-hybridized carbons (Fsp3) is 0.405. The number of ether oxygens (including phenoxy) is 5. The number of nitrogens with two attached hydrogens (primary N) is 1. The molecule has 5 atom stereocenters. The second kappa shape index (κ2) is 42.6. The lowest BCUT2D eigenvalue weighted by Gasteiger charge is -2.42. The van der Waals surface area contributed by atoms with Crippen molar-refractivity contribution in [3.05, 3.63) is 161 Å². The van der Waals surface area contributed by atoms with E-state index in [2.05, 4.69) is 53.5 Å². The summed E-state index contributed by atoms with van der Waals surface area (Å²) in [5, 5.41) is 34.2. The van der Waals surface area contributed by atoms with Gasteiger partial charge in [0.15, 0.2) is 11.6 Å². The number of aliphatic carboxylic acids is 2. The van der Waals surface area contributed by atoms with Gasteiger partial charge in [-0.2, -0.15) is 8.42 Å². The normalized spacial score (nSPS) is 15.0. The molecule has 122 heavy (non-hydrogen) atoms. The minimum absolute atomic E-state index is 0.0127. The molecule has 8 aromatic rings. The molecule has 2 aliphatic heterocycles. The van der Waals surface area contributed by atoms with Gasteiger partial charge in [-0.1, -0.05) is 87.0 Å². The molecule has 0 saturated carbocycles. The van der Waals surface area contributed by atoms with Crippen LogP contribution in [0, 0.1) is 24.6 Å². The maximum absolute atomic E-state index is 14.6. The van der Waals surface area contributed by atoms with Crippen LogP contribution in [0.4, 0.5) is 14.9 Å². The highest BCUT2D eigenvalue weighted by Crippen LogP contribution is 2.50. The minimum Gasteiger partial charge on any atom is -0.496 e. The van der Waals surface area contributed by atoms with Crippen molar-refractivity contribution in [3.8, 4) is 56.1 Å². The molecule has 650 valence electrons. The molecule has 5 aromatic carbocycles. The van der Waals surface area contributed by atoms with Crippen molar-refractivity contribution < 1.29 is 104 Å². The number of carbonyl (C=O) groups excluding carboxylic acids is 8. The molecule has 10 rings (SSSR count). The summed E-state index contributed by atoms with van der Waals surface area (Å²) >= 11 is 8.58. The number of imide groups is 1. The van der Waals surface area contributed by atoms with Gasteiger partial charge in [0.2, 0.25) is 53.3 Å². The van der Waals surface area contributed by atoms with Gasteiger partial charge in [-0.3, -0.25) is 52.7 Å². The number of halogens is 2. The SMILES string of the molecule is COc1ccccc1-c1nccc(COc2ccccc2C[C@@H](Oc2ncnc3sc(-c4ccc(F)cc4)c(-c4ccc(OCCN5CC[N+](C)(Cc6ccc(NC(=O)[C@H](CCCNC(N)=O)NC(=O)[C@@H](NC(=O)CCOCCN7C(=O)CC(C)C7=O)C(C)C)cc6CN(C)C(=O)[C@H](CCC(=O)O)NC(=O)CS(=O)(=O)O)CC5)c(Cl)c4C)c23)C(=O)O)n1. The van der Waals surface area contributed by atoms with Crippen LogP contribution >= 0.6 is 22.9 Å². The number of carboxylic acid groups (broad SMARTS) is 2. The highest BCUT2D eigenvalue weighted by atomic mass is 35.5. The van der Waals surface area contributed by atoms with E-state index in [0.29, 0.717) is 132 Å². The second-order valence-corrected chi connectivity index (χ2v) is 33.2. The number of quaternary nitrogens is 1. The zero-order chi connectivity index (χ0) is 88.1. The number of rotatable bonds is 43. The summed E-state index contributed by atoms with van der Waals surface area (Å²) in [5.74, 6) is -8.34. The van der Waals surface area contributed by atoms with Crippen LogP contribution in [0.15, 0.2) is 122 Å². The largest absolute Gasteiger partial charge is 0.496 e. The van der Waals surface area contributed by atoms with Gasteiger partial charge in [-0.05, 0) is 115 Å². The summed E-state index contributed by atoms with van der Waals surface area (Å²) in [7, 11) is 0.132. The van der Waals surface area contributed by atoms with E-state index in [1.165, 1.54) is 41.7 Å². The molecule has 0 aliphatic carbocycles. The monoisotopic (exact) mass is 1740 g/mol. The molecule has 0 radical (unpaired) electrons. The number of nitrogens with zero attached hydrogens (tertiary/aromatic N) is 8. The zero-order valence-electron chi connectivity index (χ0n) is 68.4. The molecule has 2 aliphatic rings. The van der Waals surface area contributed by atoms with Crippen LogP contribution in [-0.4, -0.2) is 238 Å². The van der Waals surface area contributed by atoms with Crippen LogP contribution in [0.5, 0.6) is 23.1 Å². The Bertz CT molecular complexity index is 5270. The standard InChI is InChI=1S/C84H98ClFN14O20S2/c1-49(2)74(96-67(101)29-38-117-39-35-99-69(103)41-50(3)81(99)108)78(107)95-61(15-12-30-89-84(87)112)77(106)93-57-23-20-54(55(42-57)44-97(5)82(109)62(25-27-70(104)105)94-68(102)47-122(113,114)115)45-100(6)36-32-98(33-37-100)34-40-118-65-26-24-59(51(4)73(65)85)71-72-79(90-48-91-80(72)121-75(71)52-18-21-56(86)22-19-52)120-66(83(110)111)43-53-13-8-10-16-63(53)119-46-58-28-31-88-76(92-58)60-14-9-11-17-64(60)116-7/h8-11,13-14,16-24,26,28,31,42,48-50,61-62,66,74H,12,15,25,27,29-30,32-41,43-47H2,1-7H3,(H9-,87,89,93,94,95,96,101,102,104,105,106,107,110,111,112,113,114,115)/p+1/t50?,61-,62-,66+,74-/m0/s1. The fourth-order valence-corrected chi connectivity index (χ4v) is 16.0. The third kappa shape index (κ3) is 25.4. The molecule has 10 N–H and O–H groups in total. The van der Waals surface area contributed by atoms with Crippen LogP contribution in [0.3, 0.4) is 0 Å². The molecule has 0 spiro atoms. The Morgan fingerprint density at radius 2 is 1.52 bits per heavy atom. The molecule has 2 fully saturated rings. The van der Waals surface area contributed by atoms with E-state index in [9.17, 15) is 75.5 Å². The Labute approximate surface area is 712 Å². The highest BCUT2D eigenvalue weighted by Gasteiger charge is 2.37. The zero-order valence-corrected chi connectivity index (χ0v) is 70.8. The van der Waals surface area contributed by atoms with E-state index in [1.807, 2.05) is 37.3 Å². The molecule has 38 heteroatoms. The minimum atomic E-state index is -4.86. The van der Waals surface area contributed by atoms with Crippen LogP contribution < -0.4 is 51.3 Å². The van der Waals surface area contributed by atoms with E-state index >= 15 is 0 Å². The lowest BCUT2D eigenvalue weighted by molar-refractivity contribution is -0.926. The number of urea groups is 1. The summed E-state index contributed by atoms with van der Waals surface area (Å²) in [6.07, 6.45) is 0.184. The first-order valence-corrected chi connectivity index (χ1v) is 42.2. The maximum atomic E-state index is 14.6. The van der Waals surface area contributed by atoms with Crippen molar-refractivity contribution in [1.29, 1.82) is 0 Å². The number of aromatic nitrogens is 4. The van der Waals surface area contributed by atoms with Gasteiger partial charge in [0.1, 0.15) is 72.1 Å². The van der Waals surface area contributed by atoms with Crippen LogP contribution in [0.25, 0.3) is 43.2 Å². The summed E-state index contributed by atoms with van der Waals surface area (Å²) in [4.78, 5) is 154. The number of likely N-dealkylation sites (N-methyl/N-ethyl adjacent to an activating group) is 2. The van der Waals surface area contributed by atoms with Crippen molar-refractivity contribution in [2.24, 2.45) is 17.6 Å². The van der Waals surface area contributed by atoms with Gasteiger partial charge in [-0.15, -0.1) is 11.3 Å². The summed E-state index contributed by atoms with van der Waals surface area (Å²) in [6.45, 7) is 9.93. The average Bonchev–Trinajstić information content (AvgIpc) is 1.58. The number of hydrogen-bond acceptors (Lipinski definition) is 23. The quantitative estimate of drug-likeness (QED) is 0.00768. The molecule has 5 heterocycles. The van der Waals surface area contributed by atoms with Gasteiger partial charge in [0.25, 0.3) is 10.1 Å². The van der Waals surface area contributed by atoms with Crippen molar-refractivity contribution in [3.63, 3.8) is 0 Å². The number of amides is 9. The number of primary amides is 1. The number of likely N-dealkylation sites (tertiary alicyclic amines) is 1. The number of anilines is 1. The highest BCUT2D eigenvalue weighted by molar-refractivity contribution is 7.86. The smallest absolute Gasteiger partial charge is 0.345 e. The first-order chi connectivity index (χ1) is 58.1. The van der Waals surface area contributed by atoms with Crippen LogP contribution in [0.2, 0.25) is 5.02 Å². The molecular weight excluding hydrogens is 1640 g/mol. The Morgan fingerprint density at radius 3 is 2.21 bits per heavy atom. The summed E-state index contributed by atoms with van der Waals surface area (Å²) in [5.41, 5.74) is 10.8. The molecule has 2 saturated heterocycles. The Balaban J connectivity index is 0.831. The van der Waals surface area contributed by atoms with Crippen LogP contribution in [-0.2, 0) is 84.1 Å². The number of carboxylic acids is 2. The second-order valence-electron chi connectivity index (χ2n) is 30.3. The summed E-state index contributed by atoms with van der Waals surface area (Å²) < 4.78 is 78.2. The van der Waals surface area contributed by atoms with Crippen molar-refractivity contribution >= 4 is 108 Å². The lowest BCUT2D eigenvalue weighted by atomic mass is 9.96. The number of para-hydroxylation sites is 2. The van der Waals surface area contributed by atoms with E-state index in [4.69, 9.17) is 46.0 Å². The Hall–Kier alpha value is -11.9. The molecule has 1 unspecified atom stereocenters. The number of carbonyl (C=O) groups is 10. The van der Waals surface area contributed by atoms with E-state index in [-0.39, 0.29) is 107 Å². The third-order valence-corrected chi connectivity index (χ3v) is 23.0. The number of thiophene rings is 1. The van der Waals surface area contributed by atoms with Gasteiger partial charge in [0, 0.05) is 99.3 Å². The van der Waals surface area contributed by atoms with Crippen molar-refractivity contribution in [1.82, 2.24) is 55.9 Å². The van der Waals surface area contributed by atoms with Gasteiger partial charge >= 0.3 is 18.0 Å². The first kappa shape index (κ1) is 92.4. The summed E-state index contributed by atoms with van der Waals surface area (Å²) in [6, 6.07) is 25.7. The van der Waals surface area contributed by atoms with Crippen molar-refractivity contribution in [2.75, 3.05) is 97.9 Å². The van der Waals surface area contributed by atoms with E-state index in [0.717, 1.165) is 4.90 Å². The molecule has 34 nitrogen and oxygen atoms in total. The predicted octanol–water partition coefficient (Wildman–Crippen LogP) is 7.60. The predicted molar refractivity (Wildman–Crippen MR) is 448 cm³/mol.